The van der Waals surface area contributed by atoms with E-state index < -0.39 is 27.9 Å². The third-order valence-corrected chi connectivity index (χ3v) is 1.78. The molecular weight excluding hydrogens is 174 g/mol. The molecule has 0 aliphatic rings. The lowest BCUT2D eigenvalue weighted by atomic mass is 10.3. The number of rotatable bonds is 4. The molecule has 0 heterocycles. The summed E-state index contributed by atoms with van der Waals surface area (Å²) < 4.78 is 28.6. The van der Waals surface area contributed by atoms with E-state index in [-0.39, 0.29) is 0 Å². The quantitative estimate of drug-likeness (QED) is 0.460. The third-order valence-electron chi connectivity index (χ3n) is 1.02. The van der Waals surface area contributed by atoms with Gasteiger partial charge >= 0.3 is 5.97 Å². The van der Waals surface area contributed by atoms with Crippen LogP contribution in [0.5, 0.6) is 0 Å². The van der Waals surface area contributed by atoms with Crippen molar-refractivity contribution >= 4 is 16.1 Å². The van der Waals surface area contributed by atoms with E-state index in [0.29, 0.717) is 0 Å². The van der Waals surface area contributed by atoms with Gasteiger partial charge < -0.3 is 10.4 Å². The lowest BCUT2D eigenvalue weighted by Gasteiger charge is -2.07. The molecule has 0 aliphatic heterocycles. The fourth-order valence-electron chi connectivity index (χ4n) is 0.489. The zero-order valence-electron chi connectivity index (χ0n) is 5.81. The van der Waals surface area contributed by atoms with Crippen molar-refractivity contribution in [2.24, 2.45) is 0 Å². The van der Waals surface area contributed by atoms with Gasteiger partial charge in [0.05, 0.1) is 0 Å². The van der Waals surface area contributed by atoms with E-state index in [4.69, 9.17) is 9.66 Å². The first-order valence-electron chi connectivity index (χ1n) is 2.72. The number of nitrogens with one attached hydrogen (secondary N) is 1. The molecule has 0 aliphatic carbocycles. The highest BCUT2D eigenvalue weighted by Crippen LogP contribution is 1.89. The Morgan fingerprint density at radius 2 is 2.09 bits per heavy atom. The molecule has 7 heteroatoms. The van der Waals surface area contributed by atoms with E-state index in [2.05, 4.69) is 5.32 Å². The first kappa shape index (κ1) is 10.3. The fraction of sp³-hybridized carbons (Fsp3) is 0.750. The van der Waals surface area contributed by atoms with Crippen LogP contribution in [-0.4, -0.2) is 42.9 Å². The Labute approximate surface area is 64.0 Å². The van der Waals surface area contributed by atoms with Crippen molar-refractivity contribution in [1.82, 2.24) is 5.32 Å². The molecule has 0 saturated carbocycles. The molecule has 0 aromatic rings. The van der Waals surface area contributed by atoms with Gasteiger partial charge in [-0.25, -0.2) is 0 Å². The van der Waals surface area contributed by atoms with Crippen molar-refractivity contribution in [1.29, 1.82) is 0 Å². The molecule has 3 N–H and O–H groups in total. The predicted octanol–water partition coefficient (Wildman–Crippen LogP) is -1.45. The minimum atomic E-state index is -4.22. The van der Waals surface area contributed by atoms with Gasteiger partial charge in [0.1, 0.15) is 11.8 Å². The lowest BCUT2D eigenvalue weighted by Crippen LogP contribution is -2.39. The standard InChI is InChI=1S/C4H9NO5S/c1-5-3(4(6)7)2-11(8,9)10/h3,5H,2H2,1H3,(H,6,7)(H,8,9,10)/t3-/m0/s1. The molecule has 0 aromatic heterocycles. The molecule has 0 amide bonds. The average molecular weight is 183 g/mol. The van der Waals surface area contributed by atoms with Crippen LogP contribution in [0.1, 0.15) is 0 Å². The van der Waals surface area contributed by atoms with Gasteiger partial charge in [0.2, 0.25) is 0 Å². The highest BCUT2D eigenvalue weighted by Gasteiger charge is 2.21. The highest BCUT2D eigenvalue weighted by atomic mass is 32.2. The summed E-state index contributed by atoms with van der Waals surface area (Å²) >= 11 is 0. The van der Waals surface area contributed by atoms with Crippen molar-refractivity contribution in [3.8, 4) is 0 Å². The second-order valence-electron chi connectivity index (χ2n) is 1.93. The maximum absolute atomic E-state index is 10.2. The van der Waals surface area contributed by atoms with Crippen molar-refractivity contribution in [2.75, 3.05) is 12.8 Å². The number of carbonyl (C=O) groups is 1. The Bertz CT molecular complexity index is 233. The summed E-state index contributed by atoms with van der Waals surface area (Å²) in [6, 6.07) is -1.26. The molecule has 11 heavy (non-hydrogen) atoms. The summed E-state index contributed by atoms with van der Waals surface area (Å²) in [6.07, 6.45) is 0. The van der Waals surface area contributed by atoms with Crippen molar-refractivity contribution in [2.45, 2.75) is 6.04 Å². The largest absolute Gasteiger partial charge is 0.480 e. The van der Waals surface area contributed by atoms with Crippen LogP contribution in [0.2, 0.25) is 0 Å². The van der Waals surface area contributed by atoms with Crippen LogP contribution in [0.3, 0.4) is 0 Å². The minimum absolute atomic E-state index is 0.821. The number of likely N-dealkylation sites (N-methyl/N-ethyl adjacent to an activating group) is 1. The van der Waals surface area contributed by atoms with Crippen LogP contribution >= 0.6 is 0 Å². The van der Waals surface area contributed by atoms with Gasteiger partial charge in [-0.1, -0.05) is 0 Å². The molecule has 0 unspecified atom stereocenters. The number of aliphatic carboxylic acids is 1. The maximum Gasteiger partial charge on any atom is 0.321 e. The number of hydrogen-bond donors (Lipinski definition) is 3. The van der Waals surface area contributed by atoms with Gasteiger partial charge in [0.25, 0.3) is 10.1 Å². The first-order valence-corrected chi connectivity index (χ1v) is 4.33. The van der Waals surface area contributed by atoms with Crippen LogP contribution in [0.15, 0.2) is 0 Å². The van der Waals surface area contributed by atoms with Crippen LogP contribution < -0.4 is 5.32 Å². The monoisotopic (exact) mass is 183 g/mol. The smallest absolute Gasteiger partial charge is 0.321 e. The first-order chi connectivity index (χ1) is 4.87. The predicted molar refractivity (Wildman–Crippen MR) is 36.9 cm³/mol. The zero-order valence-corrected chi connectivity index (χ0v) is 6.63. The zero-order chi connectivity index (χ0) is 9.07. The number of carboxylic acid groups (broad SMARTS) is 1. The number of hydrogen-bond acceptors (Lipinski definition) is 4. The minimum Gasteiger partial charge on any atom is -0.480 e. The van der Waals surface area contributed by atoms with Crippen molar-refractivity contribution in [3.05, 3.63) is 0 Å². The van der Waals surface area contributed by atoms with Gasteiger partial charge in [0.15, 0.2) is 0 Å². The van der Waals surface area contributed by atoms with E-state index in [1.54, 1.807) is 0 Å². The van der Waals surface area contributed by atoms with E-state index in [1.165, 1.54) is 7.05 Å². The van der Waals surface area contributed by atoms with Crippen LogP contribution in [0.25, 0.3) is 0 Å². The van der Waals surface area contributed by atoms with E-state index in [0.717, 1.165) is 0 Å². The summed E-state index contributed by atoms with van der Waals surface area (Å²) in [7, 11) is -2.93. The van der Waals surface area contributed by atoms with Crippen molar-refractivity contribution in [3.63, 3.8) is 0 Å². The molecule has 1 atom stereocenters. The van der Waals surface area contributed by atoms with Crippen LogP contribution in [-0.2, 0) is 14.9 Å². The van der Waals surface area contributed by atoms with Gasteiger partial charge in [-0.2, -0.15) is 8.42 Å². The van der Waals surface area contributed by atoms with E-state index in [9.17, 15) is 13.2 Å². The molecule has 0 rings (SSSR count). The van der Waals surface area contributed by atoms with Gasteiger partial charge in [-0.3, -0.25) is 9.35 Å². The number of carboxylic acids is 1. The molecule has 0 spiro atoms. The molecular formula is C4H9NO5S. The molecule has 66 valence electrons. The maximum atomic E-state index is 10.2. The van der Waals surface area contributed by atoms with Gasteiger partial charge in [-0.05, 0) is 7.05 Å². The average Bonchev–Trinajstić information content (AvgIpc) is 1.80. The normalized spacial score (nSPS) is 14.4. The van der Waals surface area contributed by atoms with Gasteiger partial charge in [-0.15, -0.1) is 0 Å². The Kier molecular flexibility index (Phi) is 3.43. The third kappa shape index (κ3) is 4.71. The molecule has 0 aromatic carbocycles. The Morgan fingerprint density at radius 1 is 1.64 bits per heavy atom. The Morgan fingerprint density at radius 3 is 2.18 bits per heavy atom. The molecule has 0 bridgehead atoms. The summed E-state index contributed by atoms with van der Waals surface area (Å²) in [5, 5.41) is 10.5. The topological polar surface area (TPSA) is 104 Å². The Hall–Kier alpha value is -0.660. The lowest BCUT2D eigenvalue weighted by molar-refractivity contribution is -0.138. The molecule has 6 nitrogen and oxygen atoms in total. The van der Waals surface area contributed by atoms with E-state index in [1.807, 2.05) is 0 Å². The molecule has 0 radical (unpaired) electrons. The van der Waals surface area contributed by atoms with Crippen LogP contribution in [0.4, 0.5) is 0 Å². The summed E-state index contributed by atoms with van der Waals surface area (Å²) in [5.41, 5.74) is 0. The van der Waals surface area contributed by atoms with Crippen molar-refractivity contribution < 1.29 is 22.9 Å². The highest BCUT2D eigenvalue weighted by molar-refractivity contribution is 7.85. The second kappa shape index (κ2) is 3.65. The van der Waals surface area contributed by atoms with Crippen LogP contribution in [0, 0.1) is 0 Å². The Balaban J connectivity index is 4.22. The molecule has 0 saturated heterocycles. The molecule has 0 fully saturated rings. The second-order valence-corrected chi connectivity index (χ2v) is 3.43. The van der Waals surface area contributed by atoms with Gasteiger partial charge in [0, 0.05) is 0 Å². The summed E-state index contributed by atoms with van der Waals surface area (Å²) in [5.74, 6) is -2.14. The summed E-state index contributed by atoms with van der Waals surface area (Å²) in [6.45, 7) is 0. The van der Waals surface area contributed by atoms with E-state index >= 15 is 0 Å². The fourth-order valence-corrected chi connectivity index (χ4v) is 1.22. The summed E-state index contributed by atoms with van der Waals surface area (Å²) in [4.78, 5) is 10.2. The SMILES string of the molecule is CN[C@@H](CS(=O)(=O)O)C(=O)O.